The maximum Gasteiger partial charge on any atom is 0.123 e. The van der Waals surface area contributed by atoms with Crippen molar-refractivity contribution in [3.8, 4) is 5.75 Å². The van der Waals surface area contributed by atoms with E-state index in [9.17, 15) is 0 Å². The summed E-state index contributed by atoms with van der Waals surface area (Å²) in [6.45, 7) is 7.07. The molecule has 0 unspecified atom stereocenters. The molecular formula is C14H22BrNOS. The van der Waals surface area contributed by atoms with E-state index in [1.165, 1.54) is 5.56 Å². The van der Waals surface area contributed by atoms with Crippen LogP contribution in [0.5, 0.6) is 5.75 Å². The van der Waals surface area contributed by atoms with E-state index in [0.29, 0.717) is 5.92 Å². The largest absolute Gasteiger partial charge is 0.492 e. The first kappa shape index (κ1) is 15.9. The van der Waals surface area contributed by atoms with Gasteiger partial charge in [0.15, 0.2) is 0 Å². The molecule has 0 amide bonds. The molecule has 0 aliphatic heterocycles. The van der Waals surface area contributed by atoms with E-state index in [2.05, 4.69) is 47.4 Å². The van der Waals surface area contributed by atoms with Gasteiger partial charge in [0.25, 0.3) is 0 Å². The number of thioether (sulfide) groups is 1. The van der Waals surface area contributed by atoms with Crippen molar-refractivity contribution in [3.63, 3.8) is 0 Å². The molecule has 2 nitrogen and oxygen atoms in total. The Kier molecular flexibility index (Phi) is 7.79. The minimum atomic E-state index is 0.665. The first-order valence-electron chi connectivity index (χ1n) is 6.24. The first-order chi connectivity index (χ1) is 8.63. The molecule has 0 atom stereocenters. The number of hydrogen-bond acceptors (Lipinski definition) is 3. The summed E-state index contributed by atoms with van der Waals surface area (Å²) in [6.07, 6.45) is 2.09. The van der Waals surface area contributed by atoms with E-state index in [-0.39, 0.29) is 0 Å². The third kappa shape index (κ3) is 6.12. The summed E-state index contributed by atoms with van der Waals surface area (Å²) in [7, 11) is 0. The predicted molar refractivity (Wildman–Crippen MR) is 84.6 cm³/mol. The molecule has 0 radical (unpaired) electrons. The molecule has 1 aromatic carbocycles. The maximum atomic E-state index is 5.81. The maximum absolute atomic E-state index is 5.81. The van der Waals surface area contributed by atoms with Gasteiger partial charge < -0.3 is 10.1 Å². The first-order valence-corrected chi connectivity index (χ1v) is 8.43. The smallest absolute Gasteiger partial charge is 0.123 e. The van der Waals surface area contributed by atoms with Crippen molar-refractivity contribution in [3.05, 3.63) is 28.2 Å². The van der Waals surface area contributed by atoms with Crippen molar-refractivity contribution in [1.29, 1.82) is 0 Å². The standard InChI is InChI=1S/C14H22BrNOS/c1-11(2)9-16-10-12-8-13(15)4-5-14(12)17-6-7-18-3/h4-5,8,11,16H,6-7,9-10H2,1-3H3. The molecule has 0 bridgehead atoms. The summed E-state index contributed by atoms with van der Waals surface area (Å²) < 4.78 is 6.91. The van der Waals surface area contributed by atoms with Crippen molar-refractivity contribution in [2.75, 3.05) is 25.2 Å². The molecule has 1 aromatic rings. The third-order valence-electron chi connectivity index (χ3n) is 2.44. The molecular weight excluding hydrogens is 310 g/mol. The fraction of sp³-hybridized carbons (Fsp3) is 0.571. The molecule has 102 valence electrons. The highest BCUT2D eigenvalue weighted by Gasteiger charge is 2.05. The molecule has 0 saturated heterocycles. The molecule has 0 spiro atoms. The molecule has 18 heavy (non-hydrogen) atoms. The van der Waals surface area contributed by atoms with Gasteiger partial charge in [-0.05, 0) is 36.9 Å². The second-order valence-corrected chi connectivity index (χ2v) is 6.52. The highest BCUT2D eigenvalue weighted by atomic mass is 79.9. The second kappa shape index (κ2) is 8.83. The van der Waals surface area contributed by atoms with Gasteiger partial charge in [-0.2, -0.15) is 11.8 Å². The van der Waals surface area contributed by atoms with Gasteiger partial charge in [-0.15, -0.1) is 0 Å². The lowest BCUT2D eigenvalue weighted by Crippen LogP contribution is -2.19. The van der Waals surface area contributed by atoms with Crippen LogP contribution >= 0.6 is 27.7 Å². The second-order valence-electron chi connectivity index (χ2n) is 4.62. The fourth-order valence-electron chi connectivity index (χ4n) is 1.56. The van der Waals surface area contributed by atoms with E-state index in [0.717, 1.165) is 35.7 Å². The minimum absolute atomic E-state index is 0.665. The lowest BCUT2D eigenvalue weighted by Gasteiger charge is -2.13. The van der Waals surface area contributed by atoms with Crippen molar-refractivity contribution in [2.24, 2.45) is 5.92 Å². The van der Waals surface area contributed by atoms with Gasteiger partial charge in [0.05, 0.1) is 6.61 Å². The van der Waals surface area contributed by atoms with Crippen LogP contribution in [-0.4, -0.2) is 25.2 Å². The van der Waals surface area contributed by atoms with Crippen LogP contribution in [-0.2, 0) is 6.54 Å². The Hall–Kier alpha value is -0.190. The van der Waals surface area contributed by atoms with Crippen LogP contribution in [0, 0.1) is 5.92 Å². The molecule has 4 heteroatoms. The molecule has 0 heterocycles. The number of nitrogens with one attached hydrogen (secondary N) is 1. The zero-order chi connectivity index (χ0) is 13.4. The van der Waals surface area contributed by atoms with E-state index < -0.39 is 0 Å². The number of ether oxygens (including phenoxy) is 1. The molecule has 1 N–H and O–H groups in total. The summed E-state index contributed by atoms with van der Waals surface area (Å²) in [5, 5.41) is 3.45. The van der Waals surface area contributed by atoms with Gasteiger partial charge >= 0.3 is 0 Å². The van der Waals surface area contributed by atoms with Crippen LogP contribution in [0.4, 0.5) is 0 Å². The average molecular weight is 332 g/mol. The molecule has 0 aliphatic rings. The van der Waals surface area contributed by atoms with Crippen LogP contribution in [0.2, 0.25) is 0 Å². The van der Waals surface area contributed by atoms with E-state index in [1.807, 2.05) is 12.1 Å². The van der Waals surface area contributed by atoms with Gasteiger partial charge in [-0.3, -0.25) is 0 Å². The van der Waals surface area contributed by atoms with E-state index in [4.69, 9.17) is 4.74 Å². The zero-order valence-corrected chi connectivity index (χ0v) is 13.7. The molecule has 0 aromatic heterocycles. The monoisotopic (exact) mass is 331 g/mol. The summed E-state index contributed by atoms with van der Waals surface area (Å²) in [4.78, 5) is 0. The van der Waals surface area contributed by atoms with Crippen LogP contribution in [0.25, 0.3) is 0 Å². The van der Waals surface area contributed by atoms with Crippen molar-refractivity contribution in [2.45, 2.75) is 20.4 Å². The summed E-state index contributed by atoms with van der Waals surface area (Å²) in [5.74, 6) is 2.68. The molecule has 0 fully saturated rings. The van der Waals surface area contributed by atoms with Gasteiger partial charge in [-0.25, -0.2) is 0 Å². The van der Waals surface area contributed by atoms with Gasteiger partial charge in [0.1, 0.15) is 5.75 Å². The summed E-state index contributed by atoms with van der Waals surface area (Å²) in [6, 6.07) is 6.19. The Morgan fingerprint density at radius 3 is 2.83 bits per heavy atom. The van der Waals surface area contributed by atoms with Crippen LogP contribution in [0.15, 0.2) is 22.7 Å². The molecule has 0 aliphatic carbocycles. The third-order valence-corrected chi connectivity index (χ3v) is 3.50. The zero-order valence-electron chi connectivity index (χ0n) is 11.3. The Balaban J connectivity index is 2.58. The van der Waals surface area contributed by atoms with Crippen molar-refractivity contribution >= 4 is 27.7 Å². The lowest BCUT2D eigenvalue weighted by atomic mass is 10.2. The van der Waals surface area contributed by atoms with Crippen molar-refractivity contribution in [1.82, 2.24) is 5.32 Å². The van der Waals surface area contributed by atoms with E-state index in [1.54, 1.807) is 11.8 Å². The predicted octanol–water partition coefficient (Wildman–Crippen LogP) is 3.94. The van der Waals surface area contributed by atoms with Crippen LogP contribution in [0.1, 0.15) is 19.4 Å². The van der Waals surface area contributed by atoms with Crippen molar-refractivity contribution < 1.29 is 4.74 Å². The topological polar surface area (TPSA) is 21.3 Å². The average Bonchev–Trinajstić information content (AvgIpc) is 2.31. The normalized spacial score (nSPS) is 10.9. The molecule has 1 rings (SSSR count). The lowest BCUT2D eigenvalue weighted by molar-refractivity contribution is 0.339. The Labute approximate surface area is 123 Å². The highest BCUT2D eigenvalue weighted by Crippen LogP contribution is 2.23. The van der Waals surface area contributed by atoms with Crippen LogP contribution in [0.3, 0.4) is 0 Å². The number of rotatable bonds is 8. The Morgan fingerprint density at radius 1 is 1.39 bits per heavy atom. The quantitative estimate of drug-likeness (QED) is 0.729. The van der Waals surface area contributed by atoms with Gasteiger partial charge in [0.2, 0.25) is 0 Å². The minimum Gasteiger partial charge on any atom is -0.492 e. The van der Waals surface area contributed by atoms with Gasteiger partial charge in [-0.1, -0.05) is 29.8 Å². The highest BCUT2D eigenvalue weighted by molar-refractivity contribution is 9.10. The van der Waals surface area contributed by atoms with Gasteiger partial charge in [0, 0.05) is 22.3 Å². The molecule has 0 saturated carbocycles. The fourth-order valence-corrected chi connectivity index (χ4v) is 2.22. The number of halogens is 1. The summed E-state index contributed by atoms with van der Waals surface area (Å²) in [5.41, 5.74) is 1.21. The van der Waals surface area contributed by atoms with E-state index >= 15 is 0 Å². The Morgan fingerprint density at radius 2 is 2.17 bits per heavy atom. The SMILES string of the molecule is CSCCOc1ccc(Br)cc1CNCC(C)C. The van der Waals surface area contributed by atoms with Crippen LogP contribution < -0.4 is 10.1 Å². The number of benzene rings is 1. The Bertz CT molecular complexity index is 358. The summed E-state index contributed by atoms with van der Waals surface area (Å²) >= 11 is 5.31. The number of hydrogen-bond donors (Lipinski definition) is 1.